The molecule has 0 radical (unpaired) electrons. The Balaban J connectivity index is 4.87. The molecule has 0 aromatic rings. The average molecular weight is 213 g/mol. The van der Waals surface area contributed by atoms with E-state index in [9.17, 15) is 28.1 Å². The van der Waals surface area contributed by atoms with Crippen LogP contribution in [0.1, 0.15) is 6.92 Å². The number of halogens is 3. The first kappa shape index (κ1) is 12.4. The van der Waals surface area contributed by atoms with E-state index in [4.69, 9.17) is 0 Å². The summed E-state index contributed by atoms with van der Waals surface area (Å²) in [6.45, 7) is 1.09. The molecule has 0 amide bonds. The molecule has 0 N–H and O–H groups in total. The molecule has 0 aliphatic rings. The van der Waals surface area contributed by atoms with E-state index in [0.29, 0.717) is 0 Å². The van der Waals surface area contributed by atoms with Gasteiger partial charge in [0.25, 0.3) is 0 Å². The summed E-state index contributed by atoms with van der Waals surface area (Å²) in [7, 11) is 0. The summed E-state index contributed by atoms with van der Waals surface area (Å²) in [6, 6.07) is 0. The van der Waals surface area contributed by atoms with Crippen LogP contribution < -0.4 is 0 Å². The van der Waals surface area contributed by atoms with Crippen molar-refractivity contribution in [2.24, 2.45) is 0 Å². The minimum Gasteiger partial charge on any atom is -0.458 e. The second-order valence-corrected chi connectivity index (χ2v) is 2.05. The number of nitro groups is 1. The second-order valence-electron chi connectivity index (χ2n) is 2.05. The second kappa shape index (κ2) is 4.58. The molecule has 0 aromatic heterocycles. The number of alkyl halides is 3. The molecule has 80 valence electrons. The van der Waals surface area contributed by atoms with Crippen molar-refractivity contribution in [2.45, 2.75) is 13.1 Å². The van der Waals surface area contributed by atoms with Crippen LogP contribution in [0.5, 0.6) is 0 Å². The molecule has 5 nitrogen and oxygen atoms in total. The highest BCUT2D eigenvalue weighted by Gasteiger charge is 2.34. The van der Waals surface area contributed by atoms with Gasteiger partial charge in [-0.25, -0.2) is 4.79 Å². The standard InChI is InChI=1S/C6H6F3NO4/c1-2-14-5(11)4(10(12)13)3-6(7,8)9/h3H,2H2,1H3. The Morgan fingerprint density at radius 2 is 2.07 bits per heavy atom. The van der Waals surface area contributed by atoms with Gasteiger partial charge < -0.3 is 4.74 Å². The lowest BCUT2D eigenvalue weighted by atomic mass is 10.4. The van der Waals surface area contributed by atoms with Gasteiger partial charge in [0, 0.05) is 0 Å². The molecule has 0 aromatic carbocycles. The average Bonchev–Trinajstić information content (AvgIpc) is 1.98. The van der Waals surface area contributed by atoms with E-state index in [0.717, 1.165) is 0 Å². The maximum Gasteiger partial charge on any atom is 0.416 e. The third-order valence-electron chi connectivity index (χ3n) is 0.982. The summed E-state index contributed by atoms with van der Waals surface area (Å²) in [4.78, 5) is 19.2. The van der Waals surface area contributed by atoms with Gasteiger partial charge in [-0.3, -0.25) is 10.1 Å². The van der Waals surface area contributed by atoms with Gasteiger partial charge in [-0.05, 0) is 6.92 Å². The molecular formula is C6H6F3NO4. The molecule has 0 fully saturated rings. The Morgan fingerprint density at radius 1 is 1.57 bits per heavy atom. The van der Waals surface area contributed by atoms with E-state index >= 15 is 0 Å². The highest BCUT2D eigenvalue weighted by atomic mass is 19.4. The molecule has 14 heavy (non-hydrogen) atoms. The van der Waals surface area contributed by atoms with E-state index in [1.54, 1.807) is 0 Å². The van der Waals surface area contributed by atoms with Gasteiger partial charge in [0.05, 0.1) is 11.5 Å². The molecule has 0 rings (SSSR count). The number of ether oxygens (including phenoxy) is 1. The number of carbonyl (C=O) groups excluding carboxylic acids is 1. The molecule has 0 spiro atoms. The Labute approximate surface area is 76.3 Å². The van der Waals surface area contributed by atoms with Crippen LogP contribution in [0.25, 0.3) is 0 Å². The SMILES string of the molecule is CCOC(=O)C(=CC(F)(F)F)[N+](=O)[O-]. The highest BCUT2D eigenvalue weighted by molar-refractivity contribution is 5.85. The van der Waals surface area contributed by atoms with Crippen molar-refractivity contribution in [1.29, 1.82) is 0 Å². The lowest BCUT2D eigenvalue weighted by Gasteiger charge is -2.01. The normalized spacial score (nSPS) is 12.4. The highest BCUT2D eigenvalue weighted by Crippen LogP contribution is 2.19. The summed E-state index contributed by atoms with van der Waals surface area (Å²) in [5.74, 6) is -1.60. The summed E-state index contributed by atoms with van der Waals surface area (Å²) in [6.07, 6.45) is -5.62. The zero-order chi connectivity index (χ0) is 11.4. The van der Waals surface area contributed by atoms with E-state index in [2.05, 4.69) is 4.74 Å². The predicted molar refractivity (Wildman–Crippen MR) is 37.8 cm³/mol. The van der Waals surface area contributed by atoms with Gasteiger partial charge in [-0.15, -0.1) is 0 Å². The number of nitrogens with zero attached hydrogens (tertiary/aromatic N) is 1. The van der Waals surface area contributed by atoms with Gasteiger partial charge >= 0.3 is 17.8 Å². The monoisotopic (exact) mass is 213 g/mol. The van der Waals surface area contributed by atoms with Crippen LogP contribution in [0, 0.1) is 10.1 Å². The fourth-order valence-corrected chi connectivity index (χ4v) is 0.546. The zero-order valence-corrected chi connectivity index (χ0v) is 7.00. The van der Waals surface area contributed by atoms with Crippen LogP contribution in [0.2, 0.25) is 0 Å². The Kier molecular flexibility index (Phi) is 4.06. The first-order chi connectivity index (χ1) is 6.28. The van der Waals surface area contributed by atoms with Crippen LogP contribution in [-0.4, -0.2) is 23.7 Å². The van der Waals surface area contributed by atoms with Crippen LogP contribution in [0.15, 0.2) is 11.8 Å². The first-order valence-electron chi connectivity index (χ1n) is 3.39. The Morgan fingerprint density at radius 3 is 2.36 bits per heavy atom. The van der Waals surface area contributed by atoms with E-state index in [1.165, 1.54) is 6.92 Å². The van der Waals surface area contributed by atoms with Crippen molar-refractivity contribution in [3.05, 3.63) is 21.9 Å². The van der Waals surface area contributed by atoms with Crippen molar-refractivity contribution in [1.82, 2.24) is 0 Å². The van der Waals surface area contributed by atoms with E-state index in [-0.39, 0.29) is 6.61 Å². The fourth-order valence-electron chi connectivity index (χ4n) is 0.546. The maximum absolute atomic E-state index is 11.7. The van der Waals surface area contributed by atoms with E-state index < -0.39 is 28.8 Å². The number of allylic oxidation sites excluding steroid dienone is 1. The van der Waals surface area contributed by atoms with Gasteiger partial charge in [0.15, 0.2) is 0 Å². The van der Waals surface area contributed by atoms with Crippen molar-refractivity contribution < 1.29 is 27.6 Å². The Hall–Kier alpha value is -1.60. The molecule has 8 heteroatoms. The third kappa shape index (κ3) is 4.43. The molecule has 0 aliphatic heterocycles. The molecule has 0 aliphatic carbocycles. The Bertz CT molecular complexity index is 271. The summed E-state index contributed by atoms with van der Waals surface area (Å²) in [5.41, 5.74) is -1.63. The molecule has 0 saturated heterocycles. The minimum absolute atomic E-state index is 0.234. The molecule has 0 heterocycles. The van der Waals surface area contributed by atoms with Gasteiger partial charge in [0.1, 0.15) is 6.08 Å². The largest absolute Gasteiger partial charge is 0.458 e. The number of hydrogen-bond donors (Lipinski definition) is 0. The summed E-state index contributed by atoms with van der Waals surface area (Å²) in [5, 5.41) is 10.0. The topological polar surface area (TPSA) is 69.4 Å². The van der Waals surface area contributed by atoms with Crippen LogP contribution >= 0.6 is 0 Å². The zero-order valence-electron chi connectivity index (χ0n) is 7.00. The van der Waals surface area contributed by atoms with E-state index in [1.807, 2.05) is 0 Å². The van der Waals surface area contributed by atoms with Gasteiger partial charge in [0.2, 0.25) is 0 Å². The fraction of sp³-hybridized carbons (Fsp3) is 0.500. The maximum atomic E-state index is 11.7. The lowest BCUT2D eigenvalue weighted by molar-refractivity contribution is -0.422. The molecule has 0 bridgehead atoms. The summed E-state index contributed by atoms with van der Waals surface area (Å²) >= 11 is 0. The lowest BCUT2D eigenvalue weighted by Crippen LogP contribution is -2.18. The first-order valence-corrected chi connectivity index (χ1v) is 3.39. The van der Waals surface area contributed by atoms with Crippen molar-refractivity contribution >= 4 is 5.97 Å². The summed E-state index contributed by atoms with van der Waals surface area (Å²) < 4.78 is 39.1. The van der Waals surface area contributed by atoms with Gasteiger partial charge in [-0.1, -0.05) is 0 Å². The molecule has 0 unspecified atom stereocenters. The van der Waals surface area contributed by atoms with Crippen LogP contribution in [0.4, 0.5) is 13.2 Å². The number of carbonyl (C=O) groups is 1. The predicted octanol–water partition coefficient (Wildman–Crippen LogP) is 1.27. The molecule has 0 atom stereocenters. The minimum atomic E-state index is -4.92. The molecular weight excluding hydrogens is 207 g/mol. The smallest absolute Gasteiger partial charge is 0.416 e. The van der Waals surface area contributed by atoms with Gasteiger partial charge in [-0.2, -0.15) is 13.2 Å². The number of rotatable bonds is 3. The van der Waals surface area contributed by atoms with Crippen molar-refractivity contribution in [2.75, 3.05) is 6.61 Å². The van der Waals surface area contributed by atoms with Crippen molar-refractivity contribution in [3.8, 4) is 0 Å². The number of hydrogen-bond acceptors (Lipinski definition) is 4. The van der Waals surface area contributed by atoms with Crippen molar-refractivity contribution in [3.63, 3.8) is 0 Å². The van der Waals surface area contributed by atoms with Crippen LogP contribution in [0.3, 0.4) is 0 Å². The third-order valence-corrected chi connectivity index (χ3v) is 0.982. The molecule has 0 saturated carbocycles. The quantitative estimate of drug-likeness (QED) is 0.306. The van der Waals surface area contributed by atoms with Crippen LogP contribution in [-0.2, 0) is 9.53 Å². The number of esters is 1.